The van der Waals surface area contributed by atoms with E-state index in [1.165, 1.54) is 16.3 Å². The number of benzene rings is 2. The van der Waals surface area contributed by atoms with E-state index in [2.05, 4.69) is 47.4 Å². The summed E-state index contributed by atoms with van der Waals surface area (Å²) in [5.41, 5.74) is 7.03. The monoisotopic (exact) mass is 297 g/mol. The molecule has 4 heteroatoms. The number of hydrogen-bond donors (Lipinski definition) is 1. The summed E-state index contributed by atoms with van der Waals surface area (Å²) in [6.45, 7) is 6.03. The van der Waals surface area contributed by atoms with Crippen molar-refractivity contribution in [1.82, 2.24) is 9.80 Å². The number of hydrogen-bond acceptors (Lipinski definition) is 3. The van der Waals surface area contributed by atoms with Crippen LogP contribution in [0.3, 0.4) is 0 Å². The normalized spacial score (nSPS) is 17.6. The van der Waals surface area contributed by atoms with Crippen LogP contribution in [-0.4, -0.2) is 47.9 Å². The standard InChI is InChI=1S/C18H23N3O/c1-14(19)18(22)21-11-9-20(10-12-21)13-16-7-4-6-15-5-2-3-8-17(15)16/h2-8,14H,9-13,19H2,1H3/t14-/m1/s1. The number of fused-ring (bicyclic) bond motifs is 1. The molecular formula is C18H23N3O. The van der Waals surface area contributed by atoms with Gasteiger partial charge in [0, 0.05) is 32.7 Å². The average Bonchev–Trinajstić information content (AvgIpc) is 2.55. The van der Waals surface area contributed by atoms with Crippen molar-refractivity contribution >= 4 is 16.7 Å². The zero-order valence-corrected chi connectivity index (χ0v) is 13.0. The van der Waals surface area contributed by atoms with Crippen molar-refractivity contribution in [3.05, 3.63) is 48.0 Å². The minimum atomic E-state index is -0.399. The molecule has 1 aliphatic rings. The number of rotatable bonds is 3. The molecule has 0 radical (unpaired) electrons. The van der Waals surface area contributed by atoms with Gasteiger partial charge in [-0.1, -0.05) is 42.5 Å². The van der Waals surface area contributed by atoms with Gasteiger partial charge in [0.1, 0.15) is 0 Å². The van der Waals surface area contributed by atoms with E-state index in [4.69, 9.17) is 5.73 Å². The molecule has 1 saturated heterocycles. The zero-order valence-electron chi connectivity index (χ0n) is 13.0. The Morgan fingerprint density at radius 3 is 2.50 bits per heavy atom. The van der Waals surface area contributed by atoms with Crippen LogP contribution in [0.5, 0.6) is 0 Å². The maximum Gasteiger partial charge on any atom is 0.239 e. The fourth-order valence-electron chi connectivity index (χ4n) is 3.09. The van der Waals surface area contributed by atoms with Gasteiger partial charge in [-0.05, 0) is 23.3 Å². The van der Waals surface area contributed by atoms with Gasteiger partial charge in [-0.2, -0.15) is 0 Å². The maximum atomic E-state index is 11.9. The van der Waals surface area contributed by atoms with E-state index in [1.54, 1.807) is 6.92 Å². The van der Waals surface area contributed by atoms with Gasteiger partial charge >= 0.3 is 0 Å². The van der Waals surface area contributed by atoms with Gasteiger partial charge in [-0.3, -0.25) is 9.69 Å². The average molecular weight is 297 g/mol. The second-order valence-corrected chi connectivity index (χ2v) is 6.03. The van der Waals surface area contributed by atoms with Gasteiger partial charge in [0.25, 0.3) is 0 Å². The second-order valence-electron chi connectivity index (χ2n) is 6.03. The fraction of sp³-hybridized carbons (Fsp3) is 0.389. The molecule has 4 nitrogen and oxygen atoms in total. The van der Waals surface area contributed by atoms with Crippen molar-refractivity contribution in [2.24, 2.45) is 5.73 Å². The maximum absolute atomic E-state index is 11.9. The molecule has 0 aliphatic carbocycles. The van der Waals surface area contributed by atoms with Gasteiger partial charge in [0.15, 0.2) is 0 Å². The Hall–Kier alpha value is -1.91. The molecule has 3 rings (SSSR count). The van der Waals surface area contributed by atoms with Crippen molar-refractivity contribution in [1.29, 1.82) is 0 Å². The Balaban J connectivity index is 1.66. The summed E-state index contributed by atoms with van der Waals surface area (Å²) in [4.78, 5) is 16.2. The van der Waals surface area contributed by atoms with Crippen molar-refractivity contribution < 1.29 is 4.79 Å². The molecule has 1 fully saturated rings. The van der Waals surface area contributed by atoms with Crippen LogP contribution in [0.25, 0.3) is 10.8 Å². The minimum absolute atomic E-state index is 0.0600. The van der Waals surface area contributed by atoms with E-state index in [-0.39, 0.29) is 5.91 Å². The first-order valence-corrected chi connectivity index (χ1v) is 7.88. The largest absolute Gasteiger partial charge is 0.339 e. The third-order valence-corrected chi connectivity index (χ3v) is 4.35. The zero-order chi connectivity index (χ0) is 15.5. The predicted octanol–water partition coefficient (Wildman–Crippen LogP) is 1.83. The first-order chi connectivity index (χ1) is 10.6. The number of carbonyl (C=O) groups is 1. The molecule has 0 saturated carbocycles. The lowest BCUT2D eigenvalue weighted by Gasteiger charge is -2.35. The molecular weight excluding hydrogens is 274 g/mol. The molecule has 0 spiro atoms. The van der Waals surface area contributed by atoms with Crippen LogP contribution in [-0.2, 0) is 11.3 Å². The summed E-state index contributed by atoms with van der Waals surface area (Å²) in [5.74, 6) is 0.0600. The molecule has 1 aliphatic heterocycles. The molecule has 1 amide bonds. The van der Waals surface area contributed by atoms with Crippen LogP contribution in [0.15, 0.2) is 42.5 Å². The number of nitrogens with zero attached hydrogens (tertiary/aromatic N) is 2. The highest BCUT2D eigenvalue weighted by molar-refractivity contribution is 5.85. The van der Waals surface area contributed by atoms with E-state index in [0.29, 0.717) is 0 Å². The first kappa shape index (κ1) is 15.0. The summed E-state index contributed by atoms with van der Waals surface area (Å²) in [6, 6.07) is 14.6. The topological polar surface area (TPSA) is 49.6 Å². The second kappa shape index (κ2) is 6.46. The molecule has 0 bridgehead atoms. The molecule has 0 unspecified atom stereocenters. The summed E-state index contributed by atoms with van der Waals surface area (Å²) in [6.07, 6.45) is 0. The predicted molar refractivity (Wildman–Crippen MR) is 89.5 cm³/mol. The first-order valence-electron chi connectivity index (χ1n) is 7.88. The van der Waals surface area contributed by atoms with E-state index < -0.39 is 6.04 Å². The highest BCUT2D eigenvalue weighted by atomic mass is 16.2. The number of nitrogens with two attached hydrogens (primary N) is 1. The van der Waals surface area contributed by atoms with Crippen molar-refractivity contribution in [2.75, 3.05) is 26.2 Å². The van der Waals surface area contributed by atoms with Gasteiger partial charge < -0.3 is 10.6 Å². The van der Waals surface area contributed by atoms with Gasteiger partial charge in [-0.25, -0.2) is 0 Å². The van der Waals surface area contributed by atoms with Crippen LogP contribution in [0.2, 0.25) is 0 Å². The fourth-order valence-corrected chi connectivity index (χ4v) is 3.09. The summed E-state index contributed by atoms with van der Waals surface area (Å²) >= 11 is 0. The third-order valence-electron chi connectivity index (χ3n) is 4.35. The van der Waals surface area contributed by atoms with Gasteiger partial charge in [0.05, 0.1) is 6.04 Å². The van der Waals surface area contributed by atoms with Crippen molar-refractivity contribution in [3.8, 4) is 0 Å². The molecule has 116 valence electrons. The highest BCUT2D eigenvalue weighted by Crippen LogP contribution is 2.20. The molecule has 22 heavy (non-hydrogen) atoms. The van der Waals surface area contributed by atoms with E-state index >= 15 is 0 Å². The summed E-state index contributed by atoms with van der Waals surface area (Å²) in [7, 11) is 0. The highest BCUT2D eigenvalue weighted by Gasteiger charge is 2.23. The van der Waals surface area contributed by atoms with E-state index in [0.717, 1.165) is 32.7 Å². The van der Waals surface area contributed by atoms with Crippen LogP contribution >= 0.6 is 0 Å². The lowest BCUT2D eigenvalue weighted by molar-refractivity contribution is -0.134. The SMILES string of the molecule is C[C@@H](N)C(=O)N1CCN(Cc2cccc3ccccc23)CC1. The third kappa shape index (κ3) is 3.13. The van der Waals surface area contributed by atoms with Gasteiger partial charge in [-0.15, -0.1) is 0 Å². The Morgan fingerprint density at radius 2 is 1.77 bits per heavy atom. The van der Waals surface area contributed by atoms with Crippen LogP contribution < -0.4 is 5.73 Å². The van der Waals surface area contributed by atoms with Gasteiger partial charge in [0.2, 0.25) is 5.91 Å². The molecule has 2 aromatic carbocycles. The Kier molecular flexibility index (Phi) is 4.41. The van der Waals surface area contributed by atoms with Crippen molar-refractivity contribution in [2.45, 2.75) is 19.5 Å². The van der Waals surface area contributed by atoms with E-state index in [9.17, 15) is 4.79 Å². The van der Waals surface area contributed by atoms with Crippen LogP contribution in [0, 0.1) is 0 Å². The lowest BCUT2D eigenvalue weighted by atomic mass is 10.0. The quantitative estimate of drug-likeness (QED) is 0.940. The smallest absolute Gasteiger partial charge is 0.239 e. The van der Waals surface area contributed by atoms with E-state index in [1.807, 2.05) is 4.90 Å². The lowest BCUT2D eigenvalue weighted by Crippen LogP contribution is -2.52. The Labute approximate surface area is 131 Å². The number of piperazine rings is 1. The molecule has 1 heterocycles. The number of carbonyl (C=O) groups excluding carboxylic acids is 1. The Bertz CT molecular complexity index is 655. The van der Waals surface area contributed by atoms with Crippen LogP contribution in [0.4, 0.5) is 0 Å². The van der Waals surface area contributed by atoms with Crippen LogP contribution in [0.1, 0.15) is 12.5 Å². The molecule has 1 atom stereocenters. The molecule has 2 N–H and O–H groups in total. The minimum Gasteiger partial charge on any atom is -0.339 e. The van der Waals surface area contributed by atoms with Crippen molar-refractivity contribution in [3.63, 3.8) is 0 Å². The number of amides is 1. The Morgan fingerprint density at radius 1 is 1.09 bits per heavy atom. The molecule has 0 aromatic heterocycles. The summed E-state index contributed by atoms with van der Waals surface area (Å²) < 4.78 is 0. The summed E-state index contributed by atoms with van der Waals surface area (Å²) in [5, 5.41) is 2.60. The molecule has 2 aromatic rings.